The Morgan fingerprint density at radius 1 is 1.00 bits per heavy atom. The van der Waals surface area contributed by atoms with Gasteiger partial charge in [0.2, 0.25) is 11.8 Å². The number of methoxy groups -OCH3 is 1. The third-order valence-electron chi connectivity index (χ3n) is 9.27. The number of nitrogens with one attached hydrogen (secondary N) is 2. The van der Waals surface area contributed by atoms with E-state index in [0.717, 1.165) is 5.56 Å². The second kappa shape index (κ2) is 16.9. The van der Waals surface area contributed by atoms with E-state index >= 15 is 0 Å². The van der Waals surface area contributed by atoms with Crippen LogP contribution < -0.4 is 24.8 Å². The predicted octanol–water partition coefficient (Wildman–Crippen LogP) is 5.69. The van der Waals surface area contributed by atoms with E-state index in [-0.39, 0.29) is 32.4 Å². The van der Waals surface area contributed by atoms with Gasteiger partial charge >= 0.3 is 12.1 Å². The monoisotopic (exact) mass is 750 g/mol. The van der Waals surface area contributed by atoms with Gasteiger partial charge in [0.15, 0.2) is 0 Å². The number of rotatable bonds is 6. The van der Waals surface area contributed by atoms with Crippen LogP contribution in [0.5, 0.6) is 17.2 Å². The number of allylic oxidation sites excluding steroid dienone is 1. The number of alkyl carbamates (subject to hydrolysis) is 1. The summed E-state index contributed by atoms with van der Waals surface area (Å²) in [5, 5.41) is 16.1. The van der Waals surface area contributed by atoms with Crippen LogP contribution in [0.15, 0.2) is 91.0 Å². The number of nitrogens with zero attached hydrogens (tertiary/aromatic N) is 2. The van der Waals surface area contributed by atoms with Gasteiger partial charge in [0, 0.05) is 35.9 Å². The molecule has 6 rings (SSSR count). The molecule has 2 bridgehead atoms. The van der Waals surface area contributed by atoms with Crippen LogP contribution >= 0.6 is 0 Å². The van der Waals surface area contributed by atoms with Gasteiger partial charge in [-0.1, -0.05) is 54.6 Å². The lowest BCUT2D eigenvalue weighted by Gasteiger charge is -2.30. The number of fused-ring (bicyclic) bond motifs is 4. The minimum atomic E-state index is -1.22. The topological polar surface area (TPSA) is 166 Å². The van der Waals surface area contributed by atoms with E-state index in [0.29, 0.717) is 45.8 Å². The highest BCUT2D eigenvalue weighted by Gasteiger charge is 2.44. The molecule has 0 spiro atoms. The lowest BCUT2D eigenvalue weighted by atomic mass is 10.0. The number of hydrogen-bond acceptors (Lipinski definition) is 9. The molecule has 1 fully saturated rings. The van der Waals surface area contributed by atoms with Gasteiger partial charge < -0.3 is 39.6 Å². The second-order valence-electron chi connectivity index (χ2n) is 14.5. The number of hydrogen-bond donors (Lipinski definition) is 3. The van der Waals surface area contributed by atoms with Gasteiger partial charge in [0.1, 0.15) is 53.7 Å². The lowest BCUT2D eigenvalue weighted by molar-refractivity contribution is -0.144. The van der Waals surface area contributed by atoms with Crippen molar-refractivity contribution in [1.82, 2.24) is 20.5 Å². The molecule has 3 N–H and O–H groups in total. The summed E-state index contributed by atoms with van der Waals surface area (Å²) in [7, 11) is 1.57. The van der Waals surface area contributed by atoms with Gasteiger partial charge in [-0.15, -0.1) is 0 Å². The average Bonchev–Trinajstić information content (AvgIpc) is 3.58. The van der Waals surface area contributed by atoms with Crippen LogP contribution in [0, 0.1) is 0 Å². The molecule has 13 heteroatoms. The van der Waals surface area contributed by atoms with Gasteiger partial charge in [0.25, 0.3) is 0 Å². The van der Waals surface area contributed by atoms with Crippen molar-refractivity contribution in [3.8, 4) is 28.5 Å². The summed E-state index contributed by atoms with van der Waals surface area (Å²) in [5.41, 5.74) is 1.98. The summed E-state index contributed by atoms with van der Waals surface area (Å²) in [6, 6.07) is 20.6. The number of aromatic nitrogens is 1. The molecule has 4 atom stereocenters. The Morgan fingerprint density at radius 3 is 2.55 bits per heavy atom. The first kappa shape index (κ1) is 38.6. The van der Waals surface area contributed by atoms with E-state index in [2.05, 4.69) is 10.6 Å². The molecule has 1 saturated heterocycles. The van der Waals surface area contributed by atoms with Gasteiger partial charge in [-0.2, -0.15) is 0 Å². The first-order chi connectivity index (χ1) is 26.4. The second-order valence-corrected chi connectivity index (χ2v) is 14.5. The molecular weight excluding hydrogens is 704 g/mol. The molecule has 288 valence electrons. The van der Waals surface area contributed by atoms with Crippen molar-refractivity contribution in [2.45, 2.75) is 76.3 Å². The Hall–Kier alpha value is -6.11. The third-order valence-corrected chi connectivity index (χ3v) is 9.27. The van der Waals surface area contributed by atoms with Crippen LogP contribution in [0.2, 0.25) is 0 Å². The zero-order chi connectivity index (χ0) is 39.1. The summed E-state index contributed by atoms with van der Waals surface area (Å²) >= 11 is 0. The molecule has 3 amide bonds. The zero-order valence-corrected chi connectivity index (χ0v) is 31.3. The fourth-order valence-electron chi connectivity index (χ4n) is 6.68. The standard InChI is InChI=1S/C42H46N4O9/c1-42(2,3)55-41(51)45-35-21-26-12-11-15-29(20-26)53-19-10-6-9-16-32(40(49)50)44-38(47)36-23-30(25-46(36)39(35)48)54-37-24-33(27-13-7-5-8-14-27)43-34-22-28(52-4)17-18-31(34)37/h5-8,10-15,17-18,20,22,24,30,32,35-36H,9,16,19,21,23,25H2,1-4H3,(H,44,47)(H,45,51)(H,49,50)/b10-6+/t30-,32-,35-,36+/m1/s1. The highest BCUT2D eigenvalue weighted by atomic mass is 16.6. The fraction of sp³-hybridized carbons (Fsp3) is 0.357. The van der Waals surface area contributed by atoms with Gasteiger partial charge in [-0.05, 0) is 63.4 Å². The summed E-state index contributed by atoms with van der Waals surface area (Å²) in [6.07, 6.45) is 2.66. The molecule has 3 heterocycles. The Bertz CT molecular complexity index is 2060. The van der Waals surface area contributed by atoms with E-state index in [9.17, 15) is 24.3 Å². The minimum absolute atomic E-state index is 0.0340. The van der Waals surface area contributed by atoms with Gasteiger partial charge in [-0.25, -0.2) is 14.6 Å². The van der Waals surface area contributed by atoms with Crippen LogP contribution in [0.1, 0.15) is 45.6 Å². The van der Waals surface area contributed by atoms with Gasteiger partial charge in [-0.3, -0.25) is 9.59 Å². The number of aliphatic carboxylic acids is 1. The van der Waals surface area contributed by atoms with Crippen LogP contribution in [-0.2, 0) is 25.5 Å². The van der Waals surface area contributed by atoms with E-state index in [4.69, 9.17) is 23.9 Å². The number of amides is 3. The number of benzene rings is 3. The molecular formula is C42H46N4O9. The molecule has 0 unspecified atom stereocenters. The largest absolute Gasteiger partial charge is 0.497 e. The molecule has 3 aromatic carbocycles. The molecule has 13 nitrogen and oxygen atoms in total. The Morgan fingerprint density at radius 2 is 1.80 bits per heavy atom. The SMILES string of the molecule is COc1ccc2c(O[C@@H]3C[C@H]4C(=O)N[C@@H](C(=O)O)CC/C=C/COc5cccc(c5)C[C@@H](NC(=O)OC(C)(C)C)C(=O)N4C3)cc(-c3ccccc3)nc2c1. The van der Waals surface area contributed by atoms with E-state index in [1.807, 2.05) is 54.6 Å². The molecule has 0 radical (unpaired) electrons. The molecule has 55 heavy (non-hydrogen) atoms. The first-order valence-corrected chi connectivity index (χ1v) is 18.3. The summed E-state index contributed by atoms with van der Waals surface area (Å²) in [4.78, 5) is 60.5. The van der Waals surface area contributed by atoms with Crippen molar-refractivity contribution >= 4 is 34.8 Å². The van der Waals surface area contributed by atoms with Crippen LogP contribution in [0.3, 0.4) is 0 Å². The molecule has 2 aliphatic heterocycles. The van der Waals surface area contributed by atoms with Crippen LogP contribution in [-0.4, -0.2) is 89.0 Å². The smallest absolute Gasteiger partial charge is 0.408 e. The highest BCUT2D eigenvalue weighted by molar-refractivity contribution is 5.94. The number of carboxylic acids is 1. The number of carbonyl (C=O) groups excluding carboxylic acids is 3. The Balaban J connectivity index is 1.38. The quantitative estimate of drug-likeness (QED) is 0.209. The number of pyridine rings is 1. The first-order valence-electron chi connectivity index (χ1n) is 18.3. The maximum absolute atomic E-state index is 14.7. The van der Waals surface area contributed by atoms with E-state index in [1.54, 1.807) is 64.3 Å². The maximum Gasteiger partial charge on any atom is 0.408 e. The van der Waals surface area contributed by atoms with Crippen molar-refractivity contribution in [2.24, 2.45) is 0 Å². The lowest BCUT2D eigenvalue weighted by Crippen LogP contribution is -2.56. The highest BCUT2D eigenvalue weighted by Crippen LogP contribution is 2.35. The molecule has 4 aromatic rings. The number of carbonyl (C=O) groups is 4. The van der Waals surface area contributed by atoms with Crippen molar-refractivity contribution in [3.63, 3.8) is 0 Å². The minimum Gasteiger partial charge on any atom is -0.497 e. The summed E-state index contributed by atoms with van der Waals surface area (Å²) < 4.78 is 23.6. The molecule has 1 aromatic heterocycles. The van der Waals surface area contributed by atoms with E-state index in [1.165, 1.54) is 4.90 Å². The average molecular weight is 751 g/mol. The maximum atomic E-state index is 14.7. The normalized spacial score (nSPS) is 21.3. The Labute approximate surface area is 319 Å². The molecule has 0 aliphatic carbocycles. The Kier molecular flexibility index (Phi) is 11.9. The third kappa shape index (κ3) is 9.91. The van der Waals surface area contributed by atoms with Crippen LogP contribution in [0.25, 0.3) is 22.2 Å². The van der Waals surface area contributed by atoms with E-state index < -0.39 is 53.7 Å². The van der Waals surface area contributed by atoms with Crippen LogP contribution in [0.4, 0.5) is 4.79 Å². The summed E-state index contributed by atoms with van der Waals surface area (Å²) in [5.74, 6) is -0.756. The number of ether oxygens (including phenoxy) is 4. The molecule has 2 aliphatic rings. The van der Waals surface area contributed by atoms with Crippen molar-refractivity contribution < 1.29 is 43.2 Å². The number of carboxylic acid groups (broad SMARTS) is 1. The van der Waals surface area contributed by atoms with Crippen molar-refractivity contribution in [2.75, 3.05) is 20.3 Å². The predicted molar refractivity (Wildman–Crippen MR) is 205 cm³/mol. The fourth-order valence-corrected chi connectivity index (χ4v) is 6.68. The van der Waals surface area contributed by atoms with Crippen molar-refractivity contribution in [1.29, 1.82) is 0 Å². The van der Waals surface area contributed by atoms with Gasteiger partial charge in [0.05, 0.1) is 24.9 Å². The molecule has 0 saturated carbocycles. The zero-order valence-electron chi connectivity index (χ0n) is 31.3. The van der Waals surface area contributed by atoms with Crippen molar-refractivity contribution in [3.05, 3.63) is 96.6 Å². The summed E-state index contributed by atoms with van der Waals surface area (Å²) in [6.45, 7) is 5.35.